The molecule has 1 atom stereocenters. The summed E-state index contributed by atoms with van der Waals surface area (Å²) < 4.78 is 0. The van der Waals surface area contributed by atoms with Gasteiger partial charge in [0.2, 0.25) is 0 Å². The van der Waals surface area contributed by atoms with E-state index in [4.69, 9.17) is 10.2 Å². The summed E-state index contributed by atoms with van der Waals surface area (Å²) in [4.78, 5) is 11.9. The van der Waals surface area contributed by atoms with Crippen molar-refractivity contribution in [2.75, 3.05) is 14.1 Å². The fraction of sp³-hybridized carbons (Fsp3) is 0.417. The SMILES string of the molecule is CC(O)N(C)C.O=C(O)Cc1ccccc1. The average molecular weight is 225 g/mol. The average Bonchev–Trinajstić information content (AvgIpc) is 2.19. The van der Waals surface area contributed by atoms with E-state index in [1.807, 2.05) is 32.3 Å². The van der Waals surface area contributed by atoms with Crippen molar-refractivity contribution in [1.82, 2.24) is 4.90 Å². The van der Waals surface area contributed by atoms with Crippen LogP contribution in [0.5, 0.6) is 0 Å². The second-order valence-electron chi connectivity index (χ2n) is 3.65. The van der Waals surface area contributed by atoms with Crippen LogP contribution in [0.1, 0.15) is 12.5 Å². The number of benzene rings is 1. The highest BCUT2D eigenvalue weighted by molar-refractivity contribution is 5.70. The van der Waals surface area contributed by atoms with Gasteiger partial charge < -0.3 is 10.2 Å². The van der Waals surface area contributed by atoms with Crippen molar-refractivity contribution in [3.63, 3.8) is 0 Å². The molecule has 1 rings (SSSR count). The zero-order valence-electron chi connectivity index (χ0n) is 9.92. The van der Waals surface area contributed by atoms with Crippen molar-refractivity contribution in [1.29, 1.82) is 0 Å². The molecule has 0 spiro atoms. The highest BCUT2D eigenvalue weighted by atomic mass is 16.4. The van der Waals surface area contributed by atoms with E-state index >= 15 is 0 Å². The quantitative estimate of drug-likeness (QED) is 0.759. The molecule has 0 bridgehead atoms. The first-order chi connectivity index (χ1) is 7.43. The number of aliphatic hydroxyl groups excluding tert-OH is 1. The van der Waals surface area contributed by atoms with E-state index in [1.54, 1.807) is 24.0 Å². The first-order valence-corrected chi connectivity index (χ1v) is 5.03. The summed E-state index contributed by atoms with van der Waals surface area (Å²) in [6.45, 7) is 1.72. The number of carboxylic acids is 1. The summed E-state index contributed by atoms with van der Waals surface area (Å²) in [7, 11) is 3.65. The molecule has 0 saturated heterocycles. The molecule has 0 aliphatic carbocycles. The summed E-state index contributed by atoms with van der Waals surface area (Å²) in [5, 5.41) is 16.9. The molecule has 0 aliphatic rings. The van der Waals surface area contributed by atoms with Crippen molar-refractivity contribution < 1.29 is 15.0 Å². The van der Waals surface area contributed by atoms with Crippen molar-refractivity contribution in [3.05, 3.63) is 35.9 Å². The van der Waals surface area contributed by atoms with Crippen LogP contribution < -0.4 is 0 Å². The molecule has 4 nitrogen and oxygen atoms in total. The number of aliphatic carboxylic acids is 1. The topological polar surface area (TPSA) is 60.8 Å². The molecule has 0 saturated carbocycles. The second-order valence-corrected chi connectivity index (χ2v) is 3.65. The molecular formula is C12H19NO3. The Kier molecular flexibility index (Phi) is 7.16. The molecule has 1 unspecified atom stereocenters. The van der Waals surface area contributed by atoms with E-state index in [0.29, 0.717) is 0 Å². The van der Waals surface area contributed by atoms with Gasteiger partial charge in [0.1, 0.15) is 6.23 Å². The Morgan fingerprint density at radius 3 is 2.06 bits per heavy atom. The van der Waals surface area contributed by atoms with Crippen LogP contribution >= 0.6 is 0 Å². The minimum Gasteiger partial charge on any atom is -0.481 e. The summed E-state index contributed by atoms with van der Waals surface area (Å²) in [5.74, 6) is -0.786. The van der Waals surface area contributed by atoms with E-state index in [0.717, 1.165) is 5.56 Å². The number of carboxylic acid groups (broad SMARTS) is 1. The van der Waals surface area contributed by atoms with Gasteiger partial charge in [0, 0.05) is 0 Å². The second kappa shape index (κ2) is 7.84. The van der Waals surface area contributed by atoms with Crippen LogP contribution in [-0.4, -0.2) is 41.4 Å². The molecule has 1 aromatic rings. The van der Waals surface area contributed by atoms with Gasteiger partial charge in [-0.1, -0.05) is 30.3 Å². The number of nitrogens with zero attached hydrogens (tertiary/aromatic N) is 1. The molecule has 0 fully saturated rings. The molecule has 4 heteroatoms. The molecular weight excluding hydrogens is 206 g/mol. The van der Waals surface area contributed by atoms with E-state index in [2.05, 4.69) is 0 Å². The molecule has 0 aliphatic heterocycles. The van der Waals surface area contributed by atoms with Gasteiger partial charge in [-0.3, -0.25) is 9.69 Å². The highest BCUT2D eigenvalue weighted by Gasteiger charge is 1.96. The van der Waals surface area contributed by atoms with Crippen LogP contribution in [0.2, 0.25) is 0 Å². The lowest BCUT2D eigenvalue weighted by Gasteiger charge is -2.11. The number of rotatable bonds is 3. The summed E-state index contributed by atoms with van der Waals surface area (Å²) in [6.07, 6.45) is -0.203. The maximum absolute atomic E-state index is 10.2. The van der Waals surface area contributed by atoms with E-state index in [-0.39, 0.29) is 12.6 Å². The van der Waals surface area contributed by atoms with Crippen molar-refractivity contribution >= 4 is 5.97 Å². The Morgan fingerprint density at radius 2 is 1.75 bits per heavy atom. The number of aliphatic hydroxyl groups is 1. The van der Waals surface area contributed by atoms with Gasteiger partial charge in [0.15, 0.2) is 0 Å². The summed E-state index contributed by atoms with van der Waals surface area (Å²) in [5.41, 5.74) is 0.843. The lowest BCUT2D eigenvalue weighted by molar-refractivity contribution is -0.136. The molecule has 16 heavy (non-hydrogen) atoms. The van der Waals surface area contributed by atoms with E-state index in [1.165, 1.54) is 0 Å². The third kappa shape index (κ3) is 7.96. The molecule has 0 radical (unpaired) electrons. The lowest BCUT2D eigenvalue weighted by atomic mass is 10.2. The molecule has 90 valence electrons. The van der Waals surface area contributed by atoms with Gasteiger partial charge in [-0.15, -0.1) is 0 Å². The molecule has 0 amide bonds. The minimum atomic E-state index is -0.786. The van der Waals surface area contributed by atoms with Gasteiger partial charge in [0.05, 0.1) is 6.42 Å². The third-order valence-corrected chi connectivity index (χ3v) is 1.95. The Bertz CT molecular complexity index is 290. The minimum absolute atomic E-state index is 0.112. The van der Waals surface area contributed by atoms with Crippen LogP contribution in [0.3, 0.4) is 0 Å². The number of hydrogen-bond donors (Lipinski definition) is 2. The highest BCUT2D eigenvalue weighted by Crippen LogP contribution is 1.98. The fourth-order valence-electron chi connectivity index (χ4n) is 0.770. The summed E-state index contributed by atoms with van der Waals surface area (Å²) in [6, 6.07) is 9.13. The molecule has 0 aromatic heterocycles. The fourth-order valence-corrected chi connectivity index (χ4v) is 0.770. The number of carbonyl (C=O) groups is 1. The standard InChI is InChI=1S/C8H8O2.C4H11NO/c9-8(10)6-7-4-2-1-3-5-7;1-4(6)5(2)3/h1-5H,6H2,(H,9,10);4,6H,1-3H3. The Balaban J connectivity index is 0.000000325. The van der Waals surface area contributed by atoms with Crippen molar-refractivity contribution in [2.24, 2.45) is 0 Å². The number of hydrogen-bond acceptors (Lipinski definition) is 3. The van der Waals surface area contributed by atoms with Crippen molar-refractivity contribution in [2.45, 2.75) is 19.6 Å². The van der Waals surface area contributed by atoms with Gasteiger partial charge in [-0.25, -0.2) is 0 Å². The van der Waals surface area contributed by atoms with Gasteiger partial charge in [-0.2, -0.15) is 0 Å². The molecule has 2 N–H and O–H groups in total. The lowest BCUT2D eigenvalue weighted by Crippen LogP contribution is -2.23. The Labute approximate surface area is 96.1 Å². The largest absolute Gasteiger partial charge is 0.481 e. The monoisotopic (exact) mass is 225 g/mol. The smallest absolute Gasteiger partial charge is 0.307 e. The van der Waals surface area contributed by atoms with Crippen LogP contribution in [0, 0.1) is 0 Å². The predicted molar refractivity (Wildman–Crippen MR) is 63.1 cm³/mol. The third-order valence-electron chi connectivity index (χ3n) is 1.95. The van der Waals surface area contributed by atoms with E-state index < -0.39 is 5.97 Å². The predicted octanol–water partition coefficient (Wildman–Crippen LogP) is 1.20. The first kappa shape index (κ1) is 14.6. The van der Waals surface area contributed by atoms with Crippen LogP contribution in [0.4, 0.5) is 0 Å². The maximum Gasteiger partial charge on any atom is 0.307 e. The van der Waals surface area contributed by atoms with Gasteiger partial charge in [-0.05, 0) is 26.6 Å². The normalized spacial score (nSPS) is 11.6. The summed E-state index contributed by atoms with van der Waals surface area (Å²) >= 11 is 0. The van der Waals surface area contributed by atoms with Crippen LogP contribution in [-0.2, 0) is 11.2 Å². The first-order valence-electron chi connectivity index (χ1n) is 5.03. The zero-order chi connectivity index (χ0) is 12.6. The molecule has 1 aromatic carbocycles. The van der Waals surface area contributed by atoms with Gasteiger partial charge >= 0.3 is 5.97 Å². The zero-order valence-corrected chi connectivity index (χ0v) is 9.92. The molecule has 0 heterocycles. The Hall–Kier alpha value is -1.39. The van der Waals surface area contributed by atoms with E-state index in [9.17, 15) is 4.79 Å². The van der Waals surface area contributed by atoms with Gasteiger partial charge in [0.25, 0.3) is 0 Å². The van der Waals surface area contributed by atoms with Crippen LogP contribution in [0.15, 0.2) is 30.3 Å². The maximum atomic E-state index is 10.2. The Morgan fingerprint density at radius 1 is 1.31 bits per heavy atom. The van der Waals surface area contributed by atoms with Crippen molar-refractivity contribution in [3.8, 4) is 0 Å². The van der Waals surface area contributed by atoms with Crippen LogP contribution in [0.25, 0.3) is 0 Å².